The highest BCUT2D eigenvalue weighted by Gasteiger charge is 2.11. The van der Waals surface area contributed by atoms with Crippen molar-refractivity contribution in [1.82, 2.24) is 4.57 Å². The van der Waals surface area contributed by atoms with E-state index in [2.05, 4.69) is 36.6 Å². The minimum atomic E-state index is -0.830. The molecule has 0 bridgehead atoms. The second kappa shape index (κ2) is 6.09. The Morgan fingerprint density at radius 2 is 1.87 bits per heavy atom. The van der Waals surface area contributed by atoms with Gasteiger partial charge in [-0.3, -0.25) is 4.79 Å². The van der Waals surface area contributed by atoms with Gasteiger partial charge in [0.1, 0.15) is 0 Å². The van der Waals surface area contributed by atoms with Gasteiger partial charge in [0.25, 0.3) is 0 Å². The lowest BCUT2D eigenvalue weighted by atomic mass is 10.0. The van der Waals surface area contributed by atoms with Crippen molar-refractivity contribution in [1.29, 1.82) is 0 Å². The molecule has 23 heavy (non-hydrogen) atoms. The summed E-state index contributed by atoms with van der Waals surface area (Å²) in [6.07, 6.45) is 1.94. The number of carbonyl (C=O) groups is 1. The number of aryl methyl sites for hydroxylation is 2. The Bertz CT molecular complexity index is 876. The van der Waals surface area contributed by atoms with Crippen LogP contribution in [0.1, 0.15) is 22.3 Å². The monoisotopic (exact) mass is 327 g/mol. The number of fused-ring (bicyclic) bond motifs is 1. The van der Waals surface area contributed by atoms with Crippen molar-refractivity contribution in [2.24, 2.45) is 0 Å². The first-order chi connectivity index (χ1) is 11.0. The summed E-state index contributed by atoms with van der Waals surface area (Å²) >= 11 is 6.34. The second-order valence-electron chi connectivity index (χ2n) is 5.90. The molecular weight excluding hydrogens is 310 g/mol. The molecule has 4 heteroatoms. The SMILES string of the molecule is Cc1cccc(C)c1Cn1cc(Cl)c2ccc(CC(=O)O)cc21. The Morgan fingerprint density at radius 1 is 1.17 bits per heavy atom. The average Bonchev–Trinajstić information content (AvgIpc) is 2.78. The minimum absolute atomic E-state index is 0.0160. The first-order valence-electron chi connectivity index (χ1n) is 7.50. The largest absolute Gasteiger partial charge is 0.481 e. The van der Waals surface area contributed by atoms with Gasteiger partial charge < -0.3 is 9.67 Å². The first-order valence-corrected chi connectivity index (χ1v) is 7.87. The topological polar surface area (TPSA) is 42.2 Å². The molecule has 0 unspecified atom stereocenters. The van der Waals surface area contributed by atoms with Crippen molar-refractivity contribution in [3.05, 3.63) is 69.9 Å². The van der Waals surface area contributed by atoms with Gasteiger partial charge in [-0.1, -0.05) is 41.9 Å². The number of aliphatic carboxylic acids is 1. The van der Waals surface area contributed by atoms with Gasteiger partial charge in [-0.05, 0) is 42.2 Å². The van der Waals surface area contributed by atoms with Crippen molar-refractivity contribution >= 4 is 28.5 Å². The molecule has 0 radical (unpaired) electrons. The van der Waals surface area contributed by atoms with Crippen LogP contribution in [0.15, 0.2) is 42.6 Å². The van der Waals surface area contributed by atoms with E-state index in [1.165, 1.54) is 16.7 Å². The normalized spacial score (nSPS) is 11.1. The number of carboxylic acid groups (broad SMARTS) is 1. The number of carboxylic acids is 1. The van der Waals surface area contributed by atoms with Crippen LogP contribution in [0, 0.1) is 13.8 Å². The summed E-state index contributed by atoms with van der Waals surface area (Å²) < 4.78 is 2.10. The highest BCUT2D eigenvalue weighted by Crippen LogP contribution is 2.28. The predicted molar refractivity (Wildman–Crippen MR) is 93.3 cm³/mol. The van der Waals surface area contributed by atoms with Crippen LogP contribution in [0.3, 0.4) is 0 Å². The summed E-state index contributed by atoms with van der Waals surface area (Å²) in [5.41, 5.74) is 5.50. The fourth-order valence-corrected chi connectivity index (χ4v) is 3.25. The zero-order valence-electron chi connectivity index (χ0n) is 13.1. The lowest BCUT2D eigenvalue weighted by Crippen LogP contribution is -2.03. The van der Waals surface area contributed by atoms with Crippen LogP contribution >= 0.6 is 11.6 Å². The molecule has 0 aliphatic carbocycles. The molecule has 0 amide bonds. The molecule has 0 aliphatic rings. The second-order valence-corrected chi connectivity index (χ2v) is 6.30. The lowest BCUT2D eigenvalue weighted by molar-refractivity contribution is -0.136. The lowest BCUT2D eigenvalue weighted by Gasteiger charge is -2.12. The number of hydrogen-bond donors (Lipinski definition) is 1. The Balaban J connectivity index is 2.08. The van der Waals surface area contributed by atoms with Crippen LogP contribution in [0.4, 0.5) is 0 Å². The van der Waals surface area contributed by atoms with Crippen molar-refractivity contribution in [3.8, 4) is 0 Å². The van der Waals surface area contributed by atoms with Gasteiger partial charge in [0.15, 0.2) is 0 Å². The molecule has 1 aromatic heterocycles. The molecule has 0 fully saturated rings. The third kappa shape index (κ3) is 3.10. The molecule has 0 aliphatic heterocycles. The minimum Gasteiger partial charge on any atom is -0.481 e. The molecule has 0 saturated heterocycles. The summed E-state index contributed by atoms with van der Waals surface area (Å²) in [7, 11) is 0. The van der Waals surface area contributed by atoms with E-state index in [1.54, 1.807) is 0 Å². The fraction of sp³-hybridized carbons (Fsp3) is 0.211. The van der Waals surface area contributed by atoms with Gasteiger partial charge in [-0.15, -0.1) is 0 Å². The molecule has 0 spiro atoms. The highest BCUT2D eigenvalue weighted by molar-refractivity contribution is 6.35. The van der Waals surface area contributed by atoms with Crippen LogP contribution in [0.25, 0.3) is 10.9 Å². The quantitative estimate of drug-likeness (QED) is 0.761. The molecule has 118 valence electrons. The zero-order chi connectivity index (χ0) is 16.6. The molecule has 3 aromatic rings. The number of hydrogen-bond acceptors (Lipinski definition) is 1. The Kier molecular flexibility index (Phi) is 4.14. The van der Waals surface area contributed by atoms with E-state index in [0.717, 1.165) is 23.0 Å². The molecule has 3 rings (SSSR count). The van der Waals surface area contributed by atoms with Crippen molar-refractivity contribution in [2.45, 2.75) is 26.8 Å². The molecule has 0 atom stereocenters. The van der Waals surface area contributed by atoms with Gasteiger partial charge >= 0.3 is 5.97 Å². The van der Waals surface area contributed by atoms with Gasteiger partial charge in [0, 0.05) is 18.1 Å². The van der Waals surface area contributed by atoms with Crippen LogP contribution in [-0.2, 0) is 17.8 Å². The standard InChI is InChI=1S/C19H18ClNO2/c1-12-4-3-5-13(2)16(12)10-21-11-17(20)15-7-6-14(8-18(15)21)9-19(22)23/h3-8,11H,9-10H2,1-2H3,(H,22,23). The van der Waals surface area contributed by atoms with Crippen molar-refractivity contribution < 1.29 is 9.90 Å². The van der Waals surface area contributed by atoms with E-state index in [9.17, 15) is 4.79 Å². The van der Waals surface area contributed by atoms with E-state index >= 15 is 0 Å². The van der Waals surface area contributed by atoms with Gasteiger partial charge in [0.2, 0.25) is 0 Å². The van der Waals surface area contributed by atoms with Crippen LogP contribution in [-0.4, -0.2) is 15.6 Å². The average molecular weight is 328 g/mol. The number of nitrogens with zero attached hydrogens (tertiary/aromatic N) is 1. The fourth-order valence-electron chi connectivity index (χ4n) is 2.98. The third-order valence-corrected chi connectivity index (χ3v) is 4.53. The third-order valence-electron chi connectivity index (χ3n) is 4.23. The van der Waals surface area contributed by atoms with Crippen LogP contribution < -0.4 is 0 Å². The predicted octanol–water partition coefficient (Wildman–Crippen LogP) is 4.59. The number of rotatable bonds is 4. The van der Waals surface area contributed by atoms with Crippen LogP contribution in [0.2, 0.25) is 5.02 Å². The summed E-state index contributed by atoms with van der Waals surface area (Å²) in [6, 6.07) is 11.9. The van der Waals surface area contributed by atoms with E-state index in [-0.39, 0.29) is 6.42 Å². The number of benzene rings is 2. The molecule has 2 aromatic carbocycles. The van der Waals surface area contributed by atoms with Crippen molar-refractivity contribution in [3.63, 3.8) is 0 Å². The maximum Gasteiger partial charge on any atom is 0.307 e. The Labute approximate surface area is 140 Å². The Morgan fingerprint density at radius 3 is 2.52 bits per heavy atom. The Hall–Kier alpha value is -2.26. The molecular formula is C19H18ClNO2. The highest BCUT2D eigenvalue weighted by atomic mass is 35.5. The summed E-state index contributed by atoms with van der Waals surface area (Å²) in [6.45, 7) is 4.93. The summed E-state index contributed by atoms with van der Waals surface area (Å²) in [4.78, 5) is 10.9. The maximum absolute atomic E-state index is 10.9. The molecule has 1 N–H and O–H groups in total. The van der Waals surface area contributed by atoms with E-state index in [1.807, 2.05) is 24.4 Å². The number of aromatic nitrogens is 1. The molecule has 0 saturated carbocycles. The van der Waals surface area contributed by atoms with E-state index in [4.69, 9.17) is 16.7 Å². The van der Waals surface area contributed by atoms with Gasteiger partial charge in [0.05, 0.1) is 17.0 Å². The van der Waals surface area contributed by atoms with E-state index < -0.39 is 5.97 Å². The smallest absolute Gasteiger partial charge is 0.307 e. The molecule has 3 nitrogen and oxygen atoms in total. The summed E-state index contributed by atoms with van der Waals surface area (Å²) in [5, 5.41) is 10.6. The summed E-state index contributed by atoms with van der Waals surface area (Å²) in [5.74, 6) is -0.830. The van der Waals surface area contributed by atoms with Crippen LogP contribution in [0.5, 0.6) is 0 Å². The first kappa shape index (κ1) is 15.6. The van der Waals surface area contributed by atoms with Gasteiger partial charge in [-0.25, -0.2) is 0 Å². The maximum atomic E-state index is 10.9. The van der Waals surface area contributed by atoms with Gasteiger partial charge in [-0.2, -0.15) is 0 Å². The molecule has 1 heterocycles. The zero-order valence-corrected chi connectivity index (χ0v) is 13.9. The number of halogens is 1. The van der Waals surface area contributed by atoms with Crippen molar-refractivity contribution in [2.75, 3.05) is 0 Å². The van der Waals surface area contributed by atoms with E-state index in [0.29, 0.717) is 5.02 Å².